The number of hydrogen-bond donors (Lipinski definition) is 0. The quantitative estimate of drug-likeness (QED) is 0.733. The number of nitrogens with zero attached hydrogens (tertiary/aromatic N) is 2. The lowest BCUT2D eigenvalue weighted by Crippen LogP contribution is -2.54. The Morgan fingerprint density at radius 2 is 1.82 bits per heavy atom. The maximum absolute atomic E-state index is 12.4. The maximum Gasteiger partial charge on any atom is 0.410 e. The molecule has 22 heavy (non-hydrogen) atoms. The highest BCUT2D eigenvalue weighted by Gasteiger charge is 2.54. The second kappa shape index (κ2) is 5.79. The first-order valence-corrected chi connectivity index (χ1v) is 7.69. The van der Waals surface area contributed by atoms with Crippen LogP contribution < -0.4 is 0 Å². The van der Waals surface area contributed by atoms with Crippen molar-refractivity contribution in [2.45, 2.75) is 70.6 Å². The zero-order chi connectivity index (χ0) is 16.5. The summed E-state index contributed by atoms with van der Waals surface area (Å²) >= 11 is 0. The van der Waals surface area contributed by atoms with E-state index in [0.717, 1.165) is 12.8 Å². The lowest BCUT2D eigenvalue weighted by molar-refractivity contribution is -0.157. The summed E-state index contributed by atoms with van der Waals surface area (Å²) in [7, 11) is 1.35. The van der Waals surface area contributed by atoms with Crippen LogP contribution in [0.2, 0.25) is 0 Å². The second-order valence-electron chi connectivity index (χ2n) is 7.29. The minimum Gasteiger partial charge on any atom is -0.469 e. The van der Waals surface area contributed by atoms with Crippen molar-refractivity contribution in [1.29, 1.82) is 5.26 Å². The Morgan fingerprint density at radius 3 is 2.23 bits per heavy atom. The molecule has 0 N–H and O–H groups in total. The van der Waals surface area contributed by atoms with E-state index in [0.29, 0.717) is 12.8 Å². The normalized spacial score (nSPS) is 30.6. The lowest BCUT2D eigenvalue weighted by atomic mass is 9.73. The van der Waals surface area contributed by atoms with E-state index >= 15 is 0 Å². The number of amides is 1. The van der Waals surface area contributed by atoms with Crippen molar-refractivity contribution in [2.24, 2.45) is 5.41 Å². The number of carbonyl (C=O) groups excluding carboxylic acids is 2. The van der Waals surface area contributed by atoms with Crippen molar-refractivity contribution < 1.29 is 19.1 Å². The molecule has 0 aromatic carbocycles. The van der Waals surface area contributed by atoms with E-state index in [9.17, 15) is 9.59 Å². The first-order chi connectivity index (χ1) is 10.2. The molecule has 2 bridgehead atoms. The fraction of sp³-hybridized carbons (Fsp3) is 0.812. The number of nitriles is 1. The van der Waals surface area contributed by atoms with Crippen molar-refractivity contribution in [2.75, 3.05) is 7.11 Å². The highest BCUT2D eigenvalue weighted by atomic mass is 16.6. The van der Waals surface area contributed by atoms with E-state index in [1.807, 2.05) is 20.8 Å². The third kappa shape index (κ3) is 3.03. The summed E-state index contributed by atoms with van der Waals surface area (Å²) in [5.74, 6) is -0.338. The van der Waals surface area contributed by atoms with Gasteiger partial charge in [-0.15, -0.1) is 0 Å². The third-order valence-electron chi connectivity index (χ3n) is 4.51. The molecule has 2 rings (SSSR count). The first kappa shape index (κ1) is 16.6. The first-order valence-electron chi connectivity index (χ1n) is 7.69. The Balaban J connectivity index is 2.19. The van der Waals surface area contributed by atoms with E-state index in [1.165, 1.54) is 7.11 Å². The predicted octanol–water partition coefficient (Wildman–Crippen LogP) is 2.62. The molecular formula is C16H24N2O4. The minimum absolute atomic E-state index is 0.0546. The van der Waals surface area contributed by atoms with Crippen LogP contribution in [0.25, 0.3) is 0 Å². The maximum atomic E-state index is 12.4. The number of esters is 1. The number of fused-ring (bicyclic) bond motifs is 2. The number of rotatable bonds is 2. The van der Waals surface area contributed by atoms with Gasteiger partial charge in [-0.3, -0.25) is 4.79 Å². The summed E-state index contributed by atoms with van der Waals surface area (Å²) in [5.41, 5.74) is -1.33. The minimum atomic E-state index is -0.784. The van der Waals surface area contributed by atoms with Crippen molar-refractivity contribution in [3.8, 4) is 6.07 Å². The molecule has 0 aliphatic carbocycles. The molecule has 0 aromatic rings. The zero-order valence-electron chi connectivity index (χ0n) is 13.7. The van der Waals surface area contributed by atoms with Crippen LogP contribution in [0.5, 0.6) is 0 Å². The molecule has 2 fully saturated rings. The monoisotopic (exact) mass is 308 g/mol. The Hall–Kier alpha value is -1.77. The molecule has 0 radical (unpaired) electrons. The van der Waals surface area contributed by atoms with E-state index in [2.05, 4.69) is 6.07 Å². The molecule has 0 spiro atoms. The van der Waals surface area contributed by atoms with Crippen LogP contribution in [0, 0.1) is 16.7 Å². The van der Waals surface area contributed by atoms with E-state index in [1.54, 1.807) is 4.90 Å². The van der Waals surface area contributed by atoms with E-state index in [-0.39, 0.29) is 30.6 Å². The van der Waals surface area contributed by atoms with Crippen LogP contribution in [0.4, 0.5) is 4.79 Å². The summed E-state index contributed by atoms with van der Waals surface area (Å²) in [5, 5.41) is 9.09. The van der Waals surface area contributed by atoms with Crippen molar-refractivity contribution >= 4 is 12.1 Å². The summed E-state index contributed by atoms with van der Waals surface area (Å²) in [6.07, 6.45) is 2.44. The zero-order valence-corrected chi connectivity index (χ0v) is 13.7. The molecule has 1 amide bonds. The Morgan fingerprint density at radius 1 is 1.27 bits per heavy atom. The molecule has 2 saturated heterocycles. The molecular weight excluding hydrogens is 284 g/mol. The summed E-state index contributed by atoms with van der Waals surface area (Å²) < 4.78 is 10.4. The van der Waals surface area contributed by atoms with Crippen LogP contribution in [-0.2, 0) is 14.3 Å². The molecule has 6 heteroatoms. The second-order valence-corrected chi connectivity index (χ2v) is 7.29. The van der Waals surface area contributed by atoms with Crippen molar-refractivity contribution in [3.05, 3.63) is 0 Å². The van der Waals surface area contributed by atoms with Gasteiger partial charge in [0.1, 0.15) is 5.60 Å². The van der Waals surface area contributed by atoms with Gasteiger partial charge in [0, 0.05) is 12.1 Å². The molecule has 2 atom stereocenters. The molecule has 2 unspecified atom stereocenters. The highest BCUT2D eigenvalue weighted by molar-refractivity contribution is 5.78. The van der Waals surface area contributed by atoms with Gasteiger partial charge in [0.15, 0.2) is 0 Å². The summed E-state index contributed by atoms with van der Waals surface area (Å²) in [6, 6.07) is 2.00. The van der Waals surface area contributed by atoms with Gasteiger partial charge in [-0.05, 0) is 46.5 Å². The molecule has 122 valence electrons. The number of hydrogen-bond acceptors (Lipinski definition) is 5. The van der Waals surface area contributed by atoms with Crippen LogP contribution in [0.3, 0.4) is 0 Å². The van der Waals surface area contributed by atoms with Crippen LogP contribution in [0.1, 0.15) is 52.9 Å². The number of ether oxygens (including phenoxy) is 2. The van der Waals surface area contributed by atoms with Crippen molar-refractivity contribution in [1.82, 2.24) is 4.90 Å². The Kier molecular flexibility index (Phi) is 4.37. The van der Waals surface area contributed by atoms with Gasteiger partial charge < -0.3 is 14.4 Å². The van der Waals surface area contributed by atoms with E-state index in [4.69, 9.17) is 14.7 Å². The Bertz CT molecular complexity index is 489. The largest absolute Gasteiger partial charge is 0.469 e. The molecule has 0 aromatic heterocycles. The van der Waals surface area contributed by atoms with Gasteiger partial charge in [0.2, 0.25) is 0 Å². The summed E-state index contributed by atoms with van der Waals surface area (Å²) in [6.45, 7) is 5.52. The van der Waals surface area contributed by atoms with Gasteiger partial charge in [-0.25, -0.2) is 4.79 Å². The molecule has 2 aliphatic heterocycles. The molecule has 0 saturated carbocycles. The van der Waals surface area contributed by atoms with Gasteiger partial charge in [0.25, 0.3) is 0 Å². The van der Waals surface area contributed by atoms with Gasteiger partial charge in [-0.2, -0.15) is 5.26 Å². The molecule has 6 nitrogen and oxygen atoms in total. The average molecular weight is 308 g/mol. The topological polar surface area (TPSA) is 79.6 Å². The van der Waals surface area contributed by atoms with Crippen LogP contribution in [0.15, 0.2) is 0 Å². The number of methoxy groups -OCH3 is 1. The fourth-order valence-corrected chi connectivity index (χ4v) is 3.71. The Labute approximate surface area is 131 Å². The highest BCUT2D eigenvalue weighted by Crippen LogP contribution is 2.48. The van der Waals surface area contributed by atoms with Gasteiger partial charge >= 0.3 is 12.1 Å². The van der Waals surface area contributed by atoms with Crippen LogP contribution in [-0.4, -0.2) is 41.8 Å². The van der Waals surface area contributed by atoms with Gasteiger partial charge in [-0.1, -0.05) is 0 Å². The van der Waals surface area contributed by atoms with E-state index < -0.39 is 11.0 Å². The molecule has 2 aliphatic rings. The predicted molar refractivity (Wildman–Crippen MR) is 78.8 cm³/mol. The SMILES string of the molecule is COC(=O)C1(CC#N)CC2CCC(C1)N2C(=O)OC(C)(C)C. The smallest absolute Gasteiger partial charge is 0.410 e. The van der Waals surface area contributed by atoms with Crippen molar-refractivity contribution in [3.63, 3.8) is 0 Å². The van der Waals surface area contributed by atoms with Gasteiger partial charge in [0.05, 0.1) is 25.0 Å². The third-order valence-corrected chi connectivity index (χ3v) is 4.51. The lowest BCUT2D eigenvalue weighted by Gasteiger charge is -2.44. The average Bonchev–Trinajstić information content (AvgIpc) is 2.69. The van der Waals surface area contributed by atoms with Crippen LogP contribution >= 0.6 is 0 Å². The number of carbonyl (C=O) groups is 2. The number of piperidine rings is 1. The summed E-state index contributed by atoms with van der Waals surface area (Å²) in [4.78, 5) is 26.4. The standard InChI is InChI=1S/C16H24N2O4/c1-15(2,3)22-14(20)18-11-5-6-12(18)10-16(9-11,7-8-17)13(19)21-4/h11-12H,5-7,9-10H2,1-4H3. The fourth-order valence-electron chi connectivity index (χ4n) is 3.71. The molecule has 2 heterocycles.